The Labute approximate surface area is 168 Å². The first-order chi connectivity index (χ1) is 13.6. The summed E-state index contributed by atoms with van der Waals surface area (Å²) in [6, 6.07) is 13.3. The molecule has 2 heterocycles. The average Bonchev–Trinajstić information content (AvgIpc) is 3.14. The zero-order chi connectivity index (χ0) is 19.5. The maximum Gasteiger partial charge on any atom is 0.234 e. The topological polar surface area (TPSA) is 45.2 Å². The number of para-hydroxylation sites is 1. The molecule has 146 valence electrons. The van der Waals surface area contributed by atoms with Gasteiger partial charge in [-0.05, 0) is 62.2 Å². The van der Waals surface area contributed by atoms with Gasteiger partial charge in [0.15, 0.2) is 0 Å². The Hall–Kier alpha value is -2.31. The van der Waals surface area contributed by atoms with Gasteiger partial charge in [-0.3, -0.25) is 9.69 Å². The molecule has 0 bridgehead atoms. The highest BCUT2D eigenvalue weighted by atomic mass is 32.1. The first-order valence-corrected chi connectivity index (χ1v) is 10.5. The summed E-state index contributed by atoms with van der Waals surface area (Å²) in [6.45, 7) is 4.27. The molecule has 1 amide bonds. The summed E-state index contributed by atoms with van der Waals surface area (Å²) in [6.07, 6.45) is 2.05. The Balaban J connectivity index is 1.25. The zero-order valence-corrected chi connectivity index (χ0v) is 16.8. The molecule has 1 fully saturated rings. The molecule has 0 saturated carbocycles. The van der Waals surface area contributed by atoms with Crippen LogP contribution in [-0.4, -0.2) is 35.4 Å². The Kier molecular flexibility index (Phi) is 5.69. The SMILES string of the molecule is Cc1ccc(CNC(=O)CN2CCC(c3nc4ccccc4s3)CC2)cc1F. The lowest BCUT2D eigenvalue weighted by Crippen LogP contribution is -2.41. The van der Waals surface area contributed by atoms with Crippen molar-refractivity contribution < 1.29 is 9.18 Å². The van der Waals surface area contributed by atoms with Crippen molar-refractivity contribution in [2.45, 2.75) is 32.2 Å². The van der Waals surface area contributed by atoms with Crippen LogP contribution in [0.1, 0.15) is 34.9 Å². The quantitative estimate of drug-likeness (QED) is 0.700. The molecule has 4 nitrogen and oxygen atoms in total. The summed E-state index contributed by atoms with van der Waals surface area (Å²) in [5, 5.41) is 4.11. The number of amides is 1. The average molecular weight is 398 g/mol. The van der Waals surface area contributed by atoms with Crippen molar-refractivity contribution in [2.75, 3.05) is 19.6 Å². The Morgan fingerprint density at radius 1 is 1.25 bits per heavy atom. The molecular weight excluding hydrogens is 373 g/mol. The number of hydrogen-bond acceptors (Lipinski definition) is 4. The number of halogens is 1. The lowest BCUT2D eigenvalue weighted by molar-refractivity contribution is -0.122. The van der Waals surface area contributed by atoms with Gasteiger partial charge in [-0.2, -0.15) is 0 Å². The van der Waals surface area contributed by atoms with Crippen molar-refractivity contribution in [3.8, 4) is 0 Å². The van der Waals surface area contributed by atoms with E-state index >= 15 is 0 Å². The van der Waals surface area contributed by atoms with Crippen molar-refractivity contribution in [3.05, 3.63) is 64.4 Å². The van der Waals surface area contributed by atoms with E-state index in [1.807, 2.05) is 12.1 Å². The van der Waals surface area contributed by atoms with E-state index < -0.39 is 0 Å². The normalized spacial score (nSPS) is 15.8. The van der Waals surface area contributed by atoms with Gasteiger partial charge in [-0.25, -0.2) is 9.37 Å². The number of fused-ring (bicyclic) bond motifs is 1. The van der Waals surface area contributed by atoms with Crippen LogP contribution in [0, 0.1) is 12.7 Å². The first-order valence-electron chi connectivity index (χ1n) is 9.68. The minimum absolute atomic E-state index is 0.0144. The molecule has 3 aromatic rings. The maximum atomic E-state index is 13.6. The third-order valence-electron chi connectivity index (χ3n) is 5.34. The number of hydrogen-bond donors (Lipinski definition) is 1. The van der Waals surface area contributed by atoms with Gasteiger partial charge in [-0.1, -0.05) is 24.3 Å². The first kappa shape index (κ1) is 19.0. The molecule has 0 aliphatic carbocycles. The van der Waals surface area contributed by atoms with Crippen LogP contribution < -0.4 is 5.32 Å². The van der Waals surface area contributed by atoms with Crippen LogP contribution in [0.15, 0.2) is 42.5 Å². The molecule has 0 spiro atoms. The summed E-state index contributed by atoms with van der Waals surface area (Å²) < 4.78 is 14.8. The van der Waals surface area contributed by atoms with Gasteiger partial charge in [-0.15, -0.1) is 11.3 Å². The number of aryl methyl sites for hydroxylation is 1. The van der Waals surface area contributed by atoms with Crippen LogP contribution in [0.4, 0.5) is 4.39 Å². The summed E-state index contributed by atoms with van der Waals surface area (Å²) >= 11 is 1.79. The largest absolute Gasteiger partial charge is 0.351 e. The van der Waals surface area contributed by atoms with Gasteiger partial charge in [0.1, 0.15) is 5.82 Å². The molecule has 1 N–H and O–H groups in total. The molecule has 28 heavy (non-hydrogen) atoms. The number of rotatable bonds is 5. The number of aromatic nitrogens is 1. The Morgan fingerprint density at radius 2 is 2.04 bits per heavy atom. The minimum Gasteiger partial charge on any atom is -0.351 e. The Bertz CT molecular complexity index is 946. The van der Waals surface area contributed by atoms with Gasteiger partial charge >= 0.3 is 0 Å². The number of likely N-dealkylation sites (tertiary alicyclic amines) is 1. The van der Waals surface area contributed by atoms with E-state index in [1.165, 1.54) is 15.8 Å². The molecule has 4 rings (SSSR count). The zero-order valence-electron chi connectivity index (χ0n) is 16.0. The van der Waals surface area contributed by atoms with Crippen LogP contribution in [0.2, 0.25) is 0 Å². The van der Waals surface area contributed by atoms with Gasteiger partial charge < -0.3 is 5.32 Å². The van der Waals surface area contributed by atoms with E-state index in [4.69, 9.17) is 4.98 Å². The molecule has 1 aliphatic rings. The van der Waals surface area contributed by atoms with E-state index in [0.29, 0.717) is 24.6 Å². The second kappa shape index (κ2) is 8.37. The molecule has 1 aromatic heterocycles. The fourth-order valence-electron chi connectivity index (χ4n) is 3.61. The van der Waals surface area contributed by atoms with Crippen LogP contribution in [0.25, 0.3) is 10.2 Å². The van der Waals surface area contributed by atoms with Crippen LogP contribution in [0.5, 0.6) is 0 Å². The monoisotopic (exact) mass is 397 g/mol. The van der Waals surface area contributed by atoms with Crippen LogP contribution in [-0.2, 0) is 11.3 Å². The van der Waals surface area contributed by atoms with Gasteiger partial charge in [0, 0.05) is 12.5 Å². The number of carbonyl (C=O) groups is 1. The Morgan fingerprint density at radius 3 is 2.79 bits per heavy atom. The number of nitrogens with one attached hydrogen (secondary N) is 1. The second-order valence-electron chi connectivity index (χ2n) is 7.43. The van der Waals surface area contributed by atoms with Crippen LogP contribution in [0.3, 0.4) is 0 Å². The number of thiazole rings is 1. The third kappa shape index (κ3) is 4.39. The fraction of sp³-hybridized carbons (Fsp3) is 0.364. The van der Waals surface area contributed by atoms with Crippen molar-refractivity contribution >= 4 is 27.5 Å². The van der Waals surface area contributed by atoms with E-state index in [-0.39, 0.29) is 11.7 Å². The van der Waals surface area contributed by atoms with E-state index in [0.717, 1.165) is 37.0 Å². The predicted molar refractivity (Wildman–Crippen MR) is 111 cm³/mol. The highest BCUT2D eigenvalue weighted by Gasteiger charge is 2.24. The van der Waals surface area contributed by atoms with Crippen LogP contribution >= 0.6 is 11.3 Å². The van der Waals surface area contributed by atoms with E-state index in [9.17, 15) is 9.18 Å². The summed E-state index contributed by atoms with van der Waals surface area (Å²) in [5.74, 6) is 0.232. The molecule has 6 heteroatoms. The molecule has 2 aromatic carbocycles. The molecule has 0 atom stereocenters. The highest BCUT2D eigenvalue weighted by molar-refractivity contribution is 7.18. The minimum atomic E-state index is -0.233. The predicted octanol–water partition coefficient (Wildman–Crippen LogP) is 4.24. The lowest BCUT2D eigenvalue weighted by atomic mass is 9.97. The van der Waals surface area contributed by atoms with Crippen molar-refractivity contribution in [1.82, 2.24) is 15.2 Å². The summed E-state index contributed by atoms with van der Waals surface area (Å²) in [5.41, 5.74) is 2.48. The van der Waals surface area contributed by atoms with Gasteiger partial charge in [0.25, 0.3) is 0 Å². The molecule has 0 radical (unpaired) electrons. The van der Waals surface area contributed by atoms with Gasteiger partial charge in [0.2, 0.25) is 5.91 Å². The van der Waals surface area contributed by atoms with E-state index in [1.54, 1.807) is 24.3 Å². The number of piperidine rings is 1. The molecule has 1 aliphatic heterocycles. The van der Waals surface area contributed by atoms with E-state index in [2.05, 4.69) is 28.4 Å². The maximum absolute atomic E-state index is 13.6. The smallest absolute Gasteiger partial charge is 0.234 e. The molecule has 0 unspecified atom stereocenters. The van der Waals surface area contributed by atoms with Gasteiger partial charge in [0.05, 0.1) is 21.8 Å². The standard InChI is InChI=1S/C22H24FN3OS/c1-15-6-7-16(12-18(15)23)13-24-21(27)14-26-10-8-17(9-11-26)22-25-19-4-2-3-5-20(19)28-22/h2-7,12,17H,8-11,13-14H2,1H3,(H,24,27). The number of nitrogens with zero attached hydrogens (tertiary/aromatic N) is 2. The molecule has 1 saturated heterocycles. The molecular formula is C22H24FN3OS. The summed E-state index contributed by atoms with van der Waals surface area (Å²) in [4.78, 5) is 19.2. The number of benzene rings is 2. The summed E-state index contributed by atoms with van der Waals surface area (Å²) in [7, 11) is 0. The second-order valence-corrected chi connectivity index (χ2v) is 8.49. The number of carbonyl (C=O) groups excluding carboxylic acids is 1. The lowest BCUT2D eigenvalue weighted by Gasteiger charge is -2.30. The van der Waals surface area contributed by atoms with Crippen molar-refractivity contribution in [1.29, 1.82) is 0 Å². The van der Waals surface area contributed by atoms with Crippen molar-refractivity contribution in [2.24, 2.45) is 0 Å². The fourth-order valence-corrected chi connectivity index (χ4v) is 4.75. The third-order valence-corrected chi connectivity index (χ3v) is 6.54. The highest BCUT2D eigenvalue weighted by Crippen LogP contribution is 2.33. The van der Waals surface area contributed by atoms with Crippen molar-refractivity contribution in [3.63, 3.8) is 0 Å².